The topological polar surface area (TPSA) is 89.1 Å². The molecule has 1 unspecified atom stereocenters. The number of carbonyl (C=O) groups is 1. The Labute approximate surface area is 98.3 Å². The lowest BCUT2D eigenvalue weighted by Gasteiger charge is -2.11. The summed E-state index contributed by atoms with van der Waals surface area (Å²) in [4.78, 5) is 10.5. The van der Waals surface area contributed by atoms with Gasteiger partial charge in [-0.1, -0.05) is 12.1 Å². The Morgan fingerprint density at radius 2 is 2.00 bits per heavy atom. The lowest BCUT2D eigenvalue weighted by atomic mass is 10.0. The zero-order valence-corrected chi connectivity index (χ0v) is 9.21. The van der Waals surface area contributed by atoms with E-state index in [2.05, 4.69) is 10.2 Å². The molecule has 0 amide bonds. The molecule has 1 aromatic carbocycles. The van der Waals surface area contributed by atoms with Crippen LogP contribution in [-0.2, 0) is 4.79 Å². The smallest absolute Gasteiger partial charge is 0.303 e. The lowest BCUT2D eigenvalue weighted by Crippen LogP contribution is -2.12. The molecular formula is C12H13N3O2. The number of benzene rings is 1. The highest BCUT2D eigenvalue weighted by Crippen LogP contribution is 2.20. The average molecular weight is 231 g/mol. The molecule has 88 valence electrons. The average Bonchev–Trinajstić information content (AvgIpc) is 2.35. The minimum atomic E-state index is -0.827. The first kappa shape index (κ1) is 11.5. The van der Waals surface area contributed by atoms with Gasteiger partial charge in [0.25, 0.3) is 0 Å². The van der Waals surface area contributed by atoms with Gasteiger partial charge in [0.2, 0.25) is 0 Å². The van der Waals surface area contributed by atoms with Crippen LogP contribution in [0.4, 0.5) is 0 Å². The molecule has 0 saturated heterocycles. The van der Waals surface area contributed by atoms with Crippen molar-refractivity contribution in [3.05, 3.63) is 36.2 Å². The Bertz CT molecular complexity index is 542. The summed E-state index contributed by atoms with van der Waals surface area (Å²) in [6, 6.07) is 5.48. The van der Waals surface area contributed by atoms with E-state index in [1.165, 1.54) is 0 Å². The third-order valence-corrected chi connectivity index (χ3v) is 2.67. The SMILES string of the molecule is NC(CCC(=O)O)c1ccc2cnncc2c1. The van der Waals surface area contributed by atoms with Crippen molar-refractivity contribution < 1.29 is 9.90 Å². The summed E-state index contributed by atoms with van der Waals surface area (Å²) < 4.78 is 0. The molecule has 2 rings (SSSR count). The van der Waals surface area contributed by atoms with Crippen molar-refractivity contribution in [3.63, 3.8) is 0 Å². The van der Waals surface area contributed by atoms with Gasteiger partial charge in [-0.15, -0.1) is 0 Å². The van der Waals surface area contributed by atoms with Crippen LogP contribution in [0.2, 0.25) is 0 Å². The van der Waals surface area contributed by atoms with Crippen LogP contribution in [0.25, 0.3) is 10.8 Å². The zero-order valence-electron chi connectivity index (χ0n) is 9.21. The van der Waals surface area contributed by atoms with Gasteiger partial charge in [0.1, 0.15) is 0 Å². The second-order valence-electron chi connectivity index (χ2n) is 3.92. The van der Waals surface area contributed by atoms with Gasteiger partial charge in [-0.25, -0.2) is 0 Å². The van der Waals surface area contributed by atoms with E-state index in [9.17, 15) is 4.79 Å². The van der Waals surface area contributed by atoms with Crippen LogP contribution in [-0.4, -0.2) is 21.3 Å². The Hall–Kier alpha value is -2.01. The first-order chi connectivity index (χ1) is 8.16. The van der Waals surface area contributed by atoms with Gasteiger partial charge in [0.15, 0.2) is 0 Å². The summed E-state index contributed by atoms with van der Waals surface area (Å²) in [6.45, 7) is 0. The van der Waals surface area contributed by atoms with Crippen LogP contribution in [0.1, 0.15) is 24.4 Å². The fourth-order valence-corrected chi connectivity index (χ4v) is 1.69. The molecule has 0 radical (unpaired) electrons. The Balaban J connectivity index is 2.20. The summed E-state index contributed by atoms with van der Waals surface area (Å²) in [6.07, 6.45) is 3.86. The maximum Gasteiger partial charge on any atom is 0.303 e. The van der Waals surface area contributed by atoms with E-state index in [1.807, 2.05) is 18.2 Å². The van der Waals surface area contributed by atoms with Gasteiger partial charge in [-0.2, -0.15) is 10.2 Å². The fraction of sp³-hybridized carbons (Fsp3) is 0.250. The number of nitrogens with two attached hydrogens (primary N) is 1. The third kappa shape index (κ3) is 2.76. The minimum absolute atomic E-state index is 0.0772. The number of carboxylic acids is 1. The maximum absolute atomic E-state index is 10.5. The highest BCUT2D eigenvalue weighted by molar-refractivity contribution is 5.81. The standard InChI is InChI=1S/C12H13N3O2/c13-11(3-4-12(16)17)8-1-2-9-6-14-15-7-10(9)5-8/h1-2,5-7,11H,3-4,13H2,(H,16,17). The predicted octanol–water partition coefficient (Wildman–Crippen LogP) is 1.49. The normalized spacial score (nSPS) is 12.5. The Morgan fingerprint density at radius 3 is 2.71 bits per heavy atom. The van der Waals surface area contributed by atoms with Crippen molar-refractivity contribution >= 4 is 16.7 Å². The largest absolute Gasteiger partial charge is 0.481 e. The van der Waals surface area contributed by atoms with Crippen molar-refractivity contribution in [2.45, 2.75) is 18.9 Å². The Kier molecular flexibility index (Phi) is 3.30. The van der Waals surface area contributed by atoms with Crippen LogP contribution in [0.3, 0.4) is 0 Å². The molecule has 3 N–H and O–H groups in total. The van der Waals surface area contributed by atoms with Gasteiger partial charge in [0, 0.05) is 23.2 Å². The number of hydrogen-bond acceptors (Lipinski definition) is 4. The number of aromatic nitrogens is 2. The zero-order chi connectivity index (χ0) is 12.3. The molecule has 0 saturated carbocycles. The molecule has 0 aliphatic carbocycles. The third-order valence-electron chi connectivity index (χ3n) is 2.67. The lowest BCUT2D eigenvalue weighted by molar-refractivity contribution is -0.137. The van der Waals surface area contributed by atoms with Gasteiger partial charge in [0.05, 0.1) is 12.4 Å². The molecule has 1 heterocycles. The van der Waals surface area contributed by atoms with Gasteiger partial charge in [-0.3, -0.25) is 4.79 Å². The summed E-state index contributed by atoms with van der Waals surface area (Å²) in [5.74, 6) is -0.827. The van der Waals surface area contributed by atoms with Gasteiger partial charge in [-0.05, 0) is 18.1 Å². The molecule has 0 fully saturated rings. The number of fused-ring (bicyclic) bond motifs is 1. The van der Waals surface area contributed by atoms with Crippen molar-refractivity contribution in [1.29, 1.82) is 0 Å². The molecule has 17 heavy (non-hydrogen) atoms. The van der Waals surface area contributed by atoms with Gasteiger partial charge < -0.3 is 10.8 Å². The Morgan fingerprint density at radius 1 is 1.29 bits per heavy atom. The summed E-state index contributed by atoms with van der Waals surface area (Å²) in [5.41, 5.74) is 6.86. The molecule has 0 aliphatic heterocycles. The van der Waals surface area contributed by atoms with E-state index in [-0.39, 0.29) is 12.5 Å². The number of carboxylic acid groups (broad SMARTS) is 1. The van der Waals surface area contributed by atoms with E-state index in [0.717, 1.165) is 16.3 Å². The van der Waals surface area contributed by atoms with Crippen molar-refractivity contribution in [2.75, 3.05) is 0 Å². The highest BCUT2D eigenvalue weighted by atomic mass is 16.4. The van der Waals surface area contributed by atoms with Crippen LogP contribution in [0.15, 0.2) is 30.6 Å². The van der Waals surface area contributed by atoms with Crippen molar-refractivity contribution in [1.82, 2.24) is 10.2 Å². The maximum atomic E-state index is 10.5. The van der Waals surface area contributed by atoms with Crippen LogP contribution in [0, 0.1) is 0 Å². The van der Waals surface area contributed by atoms with Crippen molar-refractivity contribution in [3.8, 4) is 0 Å². The predicted molar refractivity (Wildman–Crippen MR) is 63.3 cm³/mol. The monoisotopic (exact) mass is 231 g/mol. The minimum Gasteiger partial charge on any atom is -0.481 e. The quantitative estimate of drug-likeness (QED) is 0.832. The molecule has 0 spiro atoms. The van der Waals surface area contributed by atoms with Crippen LogP contribution < -0.4 is 5.73 Å². The molecular weight excluding hydrogens is 218 g/mol. The highest BCUT2D eigenvalue weighted by Gasteiger charge is 2.09. The molecule has 5 nitrogen and oxygen atoms in total. The van der Waals surface area contributed by atoms with E-state index < -0.39 is 5.97 Å². The van der Waals surface area contributed by atoms with Gasteiger partial charge >= 0.3 is 5.97 Å². The fourth-order valence-electron chi connectivity index (χ4n) is 1.69. The number of rotatable bonds is 4. The summed E-state index contributed by atoms with van der Waals surface area (Å²) in [5, 5.41) is 18.2. The number of hydrogen-bond donors (Lipinski definition) is 2. The molecule has 1 atom stereocenters. The van der Waals surface area contributed by atoms with E-state index >= 15 is 0 Å². The number of nitrogens with zero attached hydrogens (tertiary/aromatic N) is 2. The second kappa shape index (κ2) is 4.88. The van der Waals surface area contributed by atoms with E-state index in [0.29, 0.717) is 6.42 Å². The first-order valence-corrected chi connectivity index (χ1v) is 5.34. The van der Waals surface area contributed by atoms with E-state index in [4.69, 9.17) is 10.8 Å². The van der Waals surface area contributed by atoms with E-state index in [1.54, 1.807) is 12.4 Å². The summed E-state index contributed by atoms with van der Waals surface area (Å²) in [7, 11) is 0. The second-order valence-corrected chi connectivity index (χ2v) is 3.92. The van der Waals surface area contributed by atoms with Crippen LogP contribution in [0.5, 0.6) is 0 Å². The summed E-state index contributed by atoms with van der Waals surface area (Å²) >= 11 is 0. The first-order valence-electron chi connectivity index (χ1n) is 5.34. The molecule has 0 aliphatic rings. The molecule has 1 aromatic heterocycles. The van der Waals surface area contributed by atoms with Crippen LogP contribution >= 0.6 is 0 Å². The molecule has 2 aromatic rings. The molecule has 5 heteroatoms. The van der Waals surface area contributed by atoms with Crippen molar-refractivity contribution in [2.24, 2.45) is 5.73 Å². The molecule has 0 bridgehead atoms. The number of aliphatic carboxylic acids is 1.